The van der Waals surface area contributed by atoms with Crippen molar-refractivity contribution in [3.05, 3.63) is 35.6 Å². The van der Waals surface area contributed by atoms with Crippen molar-refractivity contribution in [1.29, 1.82) is 0 Å². The molecule has 1 aliphatic carbocycles. The molecular formula is C14H20FN3O. The molecule has 0 radical (unpaired) electrons. The third kappa shape index (κ3) is 3.92. The smallest absolute Gasteiger partial charge is 0.153 e. The fourth-order valence-corrected chi connectivity index (χ4v) is 2.65. The van der Waals surface area contributed by atoms with E-state index in [1.54, 1.807) is 12.1 Å². The van der Waals surface area contributed by atoms with Crippen LogP contribution in [-0.2, 0) is 6.54 Å². The molecule has 104 valence electrons. The fraction of sp³-hybridized carbons (Fsp3) is 0.500. The molecule has 19 heavy (non-hydrogen) atoms. The maximum Gasteiger partial charge on any atom is 0.153 e. The van der Waals surface area contributed by atoms with Crippen LogP contribution in [-0.4, -0.2) is 28.5 Å². The van der Waals surface area contributed by atoms with E-state index in [0.717, 1.165) is 18.4 Å². The Bertz CT molecular complexity index is 427. The van der Waals surface area contributed by atoms with Crippen LogP contribution in [0.4, 0.5) is 4.39 Å². The van der Waals surface area contributed by atoms with E-state index in [-0.39, 0.29) is 11.7 Å². The summed E-state index contributed by atoms with van der Waals surface area (Å²) in [5.74, 6) is -0.0124. The van der Waals surface area contributed by atoms with Crippen LogP contribution in [0.5, 0.6) is 0 Å². The first-order valence-electron chi connectivity index (χ1n) is 6.64. The van der Waals surface area contributed by atoms with Crippen molar-refractivity contribution < 1.29 is 9.60 Å². The number of hydrogen-bond acceptors (Lipinski definition) is 3. The van der Waals surface area contributed by atoms with Gasteiger partial charge in [-0.1, -0.05) is 30.1 Å². The highest BCUT2D eigenvalue weighted by atomic mass is 19.1. The molecule has 0 amide bonds. The Hall–Kier alpha value is -1.62. The van der Waals surface area contributed by atoms with E-state index in [4.69, 9.17) is 10.9 Å². The molecule has 0 aromatic heterocycles. The maximum absolute atomic E-state index is 12.9. The standard InChI is InChI=1S/C14H20FN3O/c15-12-7-5-11(6-8-12)9-18(10-14(16)17-19)13-3-1-2-4-13/h5-8,13,19H,1-4,9-10H2,(H2,16,17). The predicted octanol–water partition coefficient (Wildman–Crippen LogP) is 2.32. The summed E-state index contributed by atoms with van der Waals surface area (Å²) >= 11 is 0. The molecule has 5 heteroatoms. The van der Waals surface area contributed by atoms with Gasteiger partial charge in [0.25, 0.3) is 0 Å². The van der Waals surface area contributed by atoms with Crippen molar-refractivity contribution >= 4 is 5.84 Å². The zero-order valence-electron chi connectivity index (χ0n) is 10.9. The molecule has 2 rings (SSSR count). The van der Waals surface area contributed by atoms with E-state index < -0.39 is 0 Å². The van der Waals surface area contributed by atoms with Gasteiger partial charge in [0.1, 0.15) is 5.82 Å². The summed E-state index contributed by atoms with van der Waals surface area (Å²) < 4.78 is 12.9. The molecular weight excluding hydrogens is 245 g/mol. The summed E-state index contributed by atoms with van der Waals surface area (Å²) in [4.78, 5) is 2.20. The van der Waals surface area contributed by atoms with E-state index in [1.807, 2.05) is 0 Å². The Morgan fingerprint density at radius 1 is 1.32 bits per heavy atom. The quantitative estimate of drug-likeness (QED) is 0.372. The largest absolute Gasteiger partial charge is 0.409 e. The molecule has 0 unspecified atom stereocenters. The second kappa shape index (κ2) is 6.52. The molecule has 0 bridgehead atoms. The van der Waals surface area contributed by atoms with Crippen LogP contribution in [0.25, 0.3) is 0 Å². The molecule has 1 aromatic rings. The molecule has 0 spiro atoms. The van der Waals surface area contributed by atoms with Gasteiger partial charge in [-0.25, -0.2) is 4.39 Å². The second-order valence-electron chi connectivity index (χ2n) is 5.06. The summed E-state index contributed by atoms with van der Waals surface area (Å²) in [5.41, 5.74) is 6.66. The summed E-state index contributed by atoms with van der Waals surface area (Å²) in [6.07, 6.45) is 4.72. The van der Waals surface area contributed by atoms with Crippen molar-refractivity contribution in [2.45, 2.75) is 38.3 Å². The van der Waals surface area contributed by atoms with Crippen LogP contribution >= 0.6 is 0 Å². The van der Waals surface area contributed by atoms with Crippen molar-refractivity contribution in [3.8, 4) is 0 Å². The van der Waals surface area contributed by atoms with E-state index in [2.05, 4.69) is 10.1 Å². The predicted molar refractivity (Wildman–Crippen MR) is 72.5 cm³/mol. The molecule has 1 aromatic carbocycles. The lowest BCUT2D eigenvalue weighted by molar-refractivity contribution is 0.214. The van der Waals surface area contributed by atoms with Crippen LogP contribution in [0.3, 0.4) is 0 Å². The molecule has 0 heterocycles. The Morgan fingerprint density at radius 3 is 2.53 bits per heavy atom. The topological polar surface area (TPSA) is 61.8 Å². The number of halogens is 1. The highest BCUT2D eigenvalue weighted by Gasteiger charge is 2.23. The van der Waals surface area contributed by atoms with E-state index in [0.29, 0.717) is 19.1 Å². The second-order valence-corrected chi connectivity index (χ2v) is 5.06. The highest BCUT2D eigenvalue weighted by molar-refractivity contribution is 5.81. The normalized spacial score (nSPS) is 17.3. The van der Waals surface area contributed by atoms with Gasteiger partial charge in [-0.2, -0.15) is 0 Å². The number of rotatable bonds is 5. The van der Waals surface area contributed by atoms with Gasteiger partial charge in [-0.15, -0.1) is 0 Å². The van der Waals surface area contributed by atoms with E-state index in [1.165, 1.54) is 25.0 Å². The molecule has 0 atom stereocenters. The van der Waals surface area contributed by atoms with Crippen LogP contribution in [0.1, 0.15) is 31.2 Å². The number of oxime groups is 1. The van der Waals surface area contributed by atoms with Gasteiger partial charge < -0.3 is 10.9 Å². The summed E-state index contributed by atoms with van der Waals surface area (Å²) in [5, 5.41) is 11.8. The van der Waals surface area contributed by atoms with Gasteiger partial charge in [-0.05, 0) is 30.5 Å². The SMILES string of the molecule is NC(CN(Cc1ccc(F)cc1)C1CCCC1)=NO. The lowest BCUT2D eigenvalue weighted by atomic mass is 10.1. The summed E-state index contributed by atoms with van der Waals surface area (Å²) in [6, 6.07) is 6.95. The van der Waals surface area contributed by atoms with Crippen LogP contribution in [0.15, 0.2) is 29.4 Å². The van der Waals surface area contributed by atoms with Gasteiger partial charge >= 0.3 is 0 Å². The number of nitrogens with zero attached hydrogens (tertiary/aromatic N) is 2. The fourth-order valence-electron chi connectivity index (χ4n) is 2.65. The van der Waals surface area contributed by atoms with Gasteiger partial charge in [-0.3, -0.25) is 4.90 Å². The maximum atomic E-state index is 12.9. The zero-order chi connectivity index (χ0) is 13.7. The molecule has 3 N–H and O–H groups in total. The third-order valence-corrected chi connectivity index (χ3v) is 3.63. The van der Waals surface area contributed by atoms with Crippen LogP contribution in [0.2, 0.25) is 0 Å². The number of nitrogens with two attached hydrogens (primary N) is 1. The minimum atomic E-state index is -0.229. The van der Waals surface area contributed by atoms with E-state index >= 15 is 0 Å². The van der Waals surface area contributed by atoms with Gasteiger partial charge in [0.2, 0.25) is 0 Å². The van der Waals surface area contributed by atoms with Gasteiger partial charge in [0, 0.05) is 12.6 Å². The first-order chi connectivity index (χ1) is 9.19. The van der Waals surface area contributed by atoms with E-state index in [9.17, 15) is 4.39 Å². The minimum absolute atomic E-state index is 0.217. The molecule has 1 fully saturated rings. The molecule has 0 aliphatic heterocycles. The van der Waals surface area contributed by atoms with Crippen LogP contribution < -0.4 is 5.73 Å². The Labute approximate surface area is 112 Å². The van der Waals surface area contributed by atoms with Gasteiger partial charge in [0.15, 0.2) is 5.84 Å². The summed E-state index contributed by atoms with van der Waals surface area (Å²) in [6.45, 7) is 1.14. The Kier molecular flexibility index (Phi) is 4.74. The average molecular weight is 265 g/mol. The Balaban J connectivity index is 2.05. The zero-order valence-corrected chi connectivity index (χ0v) is 10.9. The first kappa shape index (κ1) is 13.8. The Morgan fingerprint density at radius 2 is 1.95 bits per heavy atom. The molecule has 4 nitrogen and oxygen atoms in total. The molecule has 1 aliphatic rings. The average Bonchev–Trinajstić information content (AvgIpc) is 2.94. The molecule has 1 saturated carbocycles. The van der Waals surface area contributed by atoms with Crippen molar-refractivity contribution in [3.63, 3.8) is 0 Å². The minimum Gasteiger partial charge on any atom is -0.409 e. The number of amidine groups is 1. The lowest BCUT2D eigenvalue weighted by Crippen LogP contribution is -2.39. The molecule has 0 saturated heterocycles. The third-order valence-electron chi connectivity index (χ3n) is 3.63. The van der Waals surface area contributed by atoms with Crippen molar-refractivity contribution in [2.75, 3.05) is 6.54 Å². The van der Waals surface area contributed by atoms with Gasteiger partial charge in [0.05, 0.1) is 6.54 Å². The summed E-state index contributed by atoms with van der Waals surface area (Å²) in [7, 11) is 0. The first-order valence-corrected chi connectivity index (χ1v) is 6.64. The lowest BCUT2D eigenvalue weighted by Gasteiger charge is -2.28. The van der Waals surface area contributed by atoms with Crippen molar-refractivity contribution in [1.82, 2.24) is 4.90 Å². The number of hydrogen-bond donors (Lipinski definition) is 2. The van der Waals surface area contributed by atoms with Crippen LogP contribution in [0, 0.1) is 5.82 Å². The highest BCUT2D eigenvalue weighted by Crippen LogP contribution is 2.24. The monoisotopic (exact) mass is 265 g/mol. The van der Waals surface area contributed by atoms with Crippen molar-refractivity contribution in [2.24, 2.45) is 10.9 Å². The number of benzene rings is 1.